The smallest absolute Gasteiger partial charge is 0.261 e. The molecule has 1 N–H and O–H groups in total. The lowest BCUT2D eigenvalue weighted by atomic mass is 10.2. The first-order valence-corrected chi connectivity index (χ1v) is 7.93. The molecule has 24 heavy (non-hydrogen) atoms. The Bertz CT molecular complexity index is 906. The van der Waals surface area contributed by atoms with Crippen LogP contribution in [0.15, 0.2) is 53.6 Å². The molecule has 6 heteroatoms. The first kappa shape index (κ1) is 16.5. The number of fused-ring (bicyclic) bond motifs is 1. The molecule has 2 aromatic carbocycles. The molecule has 0 aliphatic heterocycles. The fourth-order valence-electron chi connectivity index (χ4n) is 2.37. The molecule has 0 radical (unpaired) electrons. The van der Waals surface area contributed by atoms with Crippen LogP contribution in [0.1, 0.15) is 5.56 Å². The number of aliphatic hydroxyl groups is 1. The summed E-state index contributed by atoms with van der Waals surface area (Å²) in [7, 11) is 0. The summed E-state index contributed by atoms with van der Waals surface area (Å²) in [4.78, 5) is 16.6. The number of halogens is 1. The van der Waals surface area contributed by atoms with Crippen LogP contribution in [0, 0.1) is 6.92 Å². The van der Waals surface area contributed by atoms with E-state index >= 15 is 0 Å². The monoisotopic (exact) mass is 344 g/mol. The Kier molecular flexibility index (Phi) is 4.83. The van der Waals surface area contributed by atoms with Crippen molar-refractivity contribution in [1.82, 2.24) is 9.55 Å². The van der Waals surface area contributed by atoms with Crippen LogP contribution in [-0.2, 0) is 6.54 Å². The summed E-state index contributed by atoms with van der Waals surface area (Å²) in [5.41, 5.74) is 1.46. The molecule has 3 rings (SSSR count). The number of aliphatic hydroxyl groups excluding tert-OH is 1. The van der Waals surface area contributed by atoms with E-state index in [0.717, 1.165) is 5.56 Å². The average Bonchev–Trinajstić information content (AvgIpc) is 2.57. The van der Waals surface area contributed by atoms with Gasteiger partial charge in [-0.05, 0) is 37.3 Å². The molecular formula is C18H17ClN2O3. The number of aryl methyl sites for hydroxylation is 1. The zero-order valence-corrected chi connectivity index (χ0v) is 13.9. The highest BCUT2D eigenvalue weighted by Crippen LogP contribution is 2.14. The van der Waals surface area contributed by atoms with E-state index in [1.165, 1.54) is 10.9 Å². The zero-order chi connectivity index (χ0) is 17.1. The first-order chi connectivity index (χ1) is 11.5. The largest absolute Gasteiger partial charge is 0.491 e. The lowest BCUT2D eigenvalue weighted by Crippen LogP contribution is -2.30. The summed E-state index contributed by atoms with van der Waals surface area (Å²) in [6.07, 6.45) is 0.589. The Morgan fingerprint density at radius 3 is 2.75 bits per heavy atom. The van der Waals surface area contributed by atoms with E-state index in [2.05, 4.69) is 4.98 Å². The second-order valence-corrected chi connectivity index (χ2v) is 6.08. The lowest BCUT2D eigenvalue weighted by Gasteiger charge is -2.14. The normalized spacial score (nSPS) is 12.3. The van der Waals surface area contributed by atoms with E-state index in [-0.39, 0.29) is 18.7 Å². The van der Waals surface area contributed by atoms with Gasteiger partial charge in [-0.3, -0.25) is 9.36 Å². The molecule has 0 spiro atoms. The SMILES string of the molecule is Cc1ccc(OC[C@H](O)Cn2cnc3cc(Cl)ccc3c2=O)cc1. The van der Waals surface area contributed by atoms with E-state index in [0.29, 0.717) is 21.7 Å². The van der Waals surface area contributed by atoms with Gasteiger partial charge in [0, 0.05) is 5.02 Å². The van der Waals surface area contributed by atoms with Gasteiger partial charge in [-0.2, -0.15) is 0 Å². The van der Waals surface area contributed by atoms with Gasteiger partial charge < -0.3 is 9.84 Å². The molecule has 124 valence electrons. The highest BCUT2D eigenvalue weighted by molar-refractivity contribution is 6.31. The molecule has 0 unspecified atom stereocenters. The van der Waals surface area contributed by atoms with Crippen LogP contribution in [0.4, 0.5) is 0 Å². The number of hydrogen-bond donors (Lipinski definition) is 1. The second-order valence-electron chi connectivity index (χ2n) is 5.64. The summed E-state index contributed by atoms with van der Waals surface area (Å²) < 4.78 is 6.91. The molecule has 0 aliphatic rings. The third-order valence-corrected chi connectivity index (χ3v) is 3.89. The van der Waals surface area contributed by atoms with E-state index in [1.54, 1.807) is 18.2 Å². The number of rotatable bonds is 5. The molecule has 0 fully saturated rings. The van der Waals surface area contributed by atoms with Crippen LogP contribution in [0.5, 0.6) is 5.75 Å². The van der Waals surface area contributed by atoms with Crippen molar-refractivity contribution in [1.29, 1.82) is 0 Å². The maximum atomic E-state index is 12.4. The molecule has 3 aromatic rings. The quantitative estimate of drug-likeness (QED) is 0.773. The van der Waals surface area contributed by atoms with Gasteiger partial charge in [-0.25, -0.2) is 4.98 Å². The Morgan fingerprint density at radius 1 is 1.25 bits per heavy atom. The third kappa shape index (κ3) is 3.75. The summed E-state index contributed by atoms with van der Waals surface area (Å²) in [6.45, 7) is 2.19. The predicted octanol–water partition coefficient (Wildman–Crippen LogP) is 2.80. The van der Waals surface area contributed by atoms with Crippen LogP contribution in [0.25, 0.3) is 10.9 Å². The molecular weight excluding hydrogens is 328 g/mol. The summed E-state index contributed by atoms with van der Waals surface area (Å²) in [5, 5.41) is 11.1. The van der Waals surface area contributed by atoms with Crippen molar-refractivity contribution in [2.45, 2.75) is 19.6 Å². The van der Waals surface area contributed by atoms with Crippen molar-refractivity contribution < 1.29 is 9.84 Å². The molecule has 0 saturated heterocycles. The van der Waals surface area contributed by atoms with E-state index in [1.807, 2.05) is 31.2 Å². The van der Waals surface area contributed by atoms with Crippen molar-refractivity contribution in [3.8, 4) is 5.75 Å². The standard InChI is InChI=1S/C18H17ClN2O3/c1-12-2-5-15(6-3-12)24-10-14(22)9-21-11-20-17-8-13(19)4-7-16(17)18(21)23/h2-8,11,14,22H,9-10H2,1H3/t14-/m1/s1. The maximum Gasteiger partial charge on any atom is 0.261 e. The van der Waals surface area contributed by atoms with Crippen LogP contribution in [0.2, 0.25) is 5.02 Å². The fourth-order valence-corrected chi connectivity index (χ4v) is 2.53. The fraction of sp³-hybridized carbons (Fsp3) is 0.222. The van der Waals surface area contributed by atoms with Crippen LogP contribution < -0.4 is 10.3 Å². The van der Waals surface area contributed by atoms with Gasteiger partial charge in [0.1, 0.15) is 18.5 Å². The van der Waals surface area contributed by atoms with E-state index < -0.39 is 6.10 Å². The Labute approximate surface area is 144 Å². The molecule has 5 nitrogen and oxygen atoms in total. The van der Waals surface area contributed by atoms with Gasteiger partial charge >= 0.3 is 0 Å². The second kappa shape index (κ2) is 7.03. The van der Waals surface area contributed by atoms with Gasteiger partial charge in [-0.1, -0.05) is 29.3 Å². The number of benzene rings is 2. The lowest BCUT2D eigenvalue weighted by molar-refractivity contribution is 0.0915. The summed E-state index contributed by atoms with van der Waals surface area (Å²) in [5.74, 6) is 0.679. The van der Waals surface area contributed by atoms with Gasteiger partial charge in [-0.15, -0.1) is 0 Å². The van der Waals surface area contributed by atoms with Gasteiger partial charge in [0.05, 0.1) is 23.8 Å². The van der Waals surface area contributed by atoms with Crippen LogP contribution >= 0.6 is 11.6 Å². The number of aromatic nitrogens is 2. The maximum absolute atomic E-state index is 12.4. The minimum atomic E-state index is -0.824. The first-order valence-electron chi connectivity index (χ1n) is 7.55. The predicted molar refractivity (Wildman–Crippen MR) is 93.7 cm³/mol. The van der Waals surface area contributed by atoms with Crippen molar-refractivity contribution in [2.24, 2.45) is 0 Å². The Hall–Kier alpha value is -2.37. The van der Waals surface area contributed by atoms with Crippen molar-refractivity contribution in [3.63, 3.8) is 0 Å². The van der Waals surface area contributed by atoms with Crippen molar-refractivity contribution in [3.05, 3.63) is 69.7 Å². The average molecular weight is 345 g/mol. The van der Waals surface area contributed by atoms with Crippen LogP contribution in [-0.4, -0.2) is 27.4 Å². The molecule has 0 amide bonds. The molecule has 0 bridgehead atoms. The van der Waals surface area contributed by atoms with Crippen molar-refractivity contribution in [2.75, 3.05) is 6.61 Å². The molecule has 0 saturated carbocycles. The summed E-state index contributed by atoms with van der Waals surface area (Å²) in [6, 6.07) is 12.5. The summed E-state index contributed by atoms with van der Waals surface area (Å²) >= 11 is 5.90. The Morgan fingerprint density at radius 2 is 2.00 bits per heavy atom. The third-order valence-electron chi connectivity index (χ3n) is 3.66. The molecule has 1 heterocycles. The molecule has 0 aliphatic carbocycles. The minimum absolute atomic E-state index is 0.0914. The van der Waals surface area contributed by atoms with Gasteiger partial charge in [0.25, 0.3) is 5.56 Å². The zero-order valence-electron chi connectivity index (χ0n) is 13.1. The molecule has 1 aromatic heterocycles. The highest BCUT2D eigenvalue weighted by Gasteiger charge is 2.10. The number of hydrogen-bond acceptors (Lipinski definition) is 4. The van der Waals surface area contributed by atoms with Crippen molar-refractivity contribution >= 4 is 22.5 Å². The topological polar surface area (TPSA) is 64.3 Å². The Balaban J connectivity index is 1.70. The van der Waals surface area contributed by atoms with E-state index in [4.69, 9.17) is 16.3 Å². The van der Waals surface area contributed by atoms with Crippen LogP contribution in [0.3, 0.4) is 0 Å². The van der Waals surface area contributed by atoms with Gasteiger partial charge in [0.2, 0.25) is 0 Å². The minimum Gasteiger partial charge on any atom is -0.491 e. The van der Waals surface area contributed by atoms with E-state index in [9.17, 15) is 9.90 Å². The molecule has 1 atom stereocenters. The van der Waals surface area contributed by atoms with Gasteiger partial charge in [0.15, 0.2) is 0 Å². The number of ether oxygens (including phenoxy) is 1. The number of nitrogens with zero attached hydrogens (tertiary/aromatic N) is 2. The highest BCUT2D eigenvalue weighted by atomic mass is 35.5.